The second-order valence-electron chi connectivity index (χ2n) is 7.74. The number of rotatable bonds is 2. The molecule has 152 valence electrons. The van der Waals surface area contributed by atoms with Gasteiger partial charge in [0.2, 0.25) is 0 Å². The minimum absolute atomic E-state index is 0.349. The van der Waals surface area contributed by atoms with Gasteiger partial charge in [0.15, 0.2) is 0 Å². The largest absolute Gasteiger partial charge is 0.478 e. The van der Waals surface area contributed by atoms with E-state index in [2.05, 4.69) is 9.55 Å². The summed E-state index contributed by atoms with van der Waals surface area (Å²) in [7, 11) is 0. The SMILES string of the molecule is CC.O=C(O)c1ccc2c(C3CCCCC3)c3n(c2c1)CCCc1nccnc1-3. The Bertz CT molecular complexity index is 1030. The molecular formula is C24H29N3O2. The number of hydrogen-bond acceptors (Lipinski definition) is 3. The van der Waals surface area contributed by atoms with Crippen LogP contribution < -0.4 is 0 Å². The highest BCUT2D eigenvalue weighted by molar-refractivity contribution is 5.98. The molecule has 1 aliphatic heterocycles. The van der Waals surface area contributed by atoms with Gasteiger partial charge in [0, 0.05) is 29.8 Å². The van der Waals surface area contributed by atoms with E-state index >= 15 is 0 Å². The number of hydrogen-bond donors (Lipinski definition) is 1. The molecule has 0 saturated heterocycles. The lowest BCUT2D eigenvalue weighted by atomic mass is 9.82. The number of aromatic nitrogens is 3. The zero-order valence-corrected chi connectivity index (χ0v) is 17.3. The van der Waals surface area contributed by atoms with E-state index in [-0.39, 0.29) is 0 Å². The summed E-state index contributed by atoms with van der Waals surface area (Å²) in [6.07, 6.45) is 11.7. The third-order valence-corrected chi connectivity index (χ3v) is 6.16. The Morgan fingerprint density at radius 2 is 1.83 bits per heavy atom. The standard InChI is InChI=1S/C22H23N3O2.C2H6/c26-22(27)15-8-9-16-18(13-15)25-12-4-7-17-20(24-11-10-23-17)21(25)19(16)14-5-2-1-3-6-14;1-2/h8-11,13-14H,1-7,12H2,(H,26,27);1-2H3. The molecule has 5 nitrogen and oxygen atoms in total. The Kier molecular flexibility index (Phi) is 5.65. The first-order valence-electron chi connectivity index (χ1n) is 10.9. The average Bonchev–Trinajstić information content (AvgIpc) is 2.97. The van der Waals surface area contributed by atoms with Crippen molar-refractivity contribution in [3.05, 3.63) is 47.4 Å². The Balaban J connectivity index is 0.000000994. The second kappa shape index (κ2) is 8.36. The van der Waals surface area contributed by atoms with E-state index in [1.807, 2.05) is 26.0 Å². The summed E-state index contributed by atoms with van der Waals surface area (Å²) in [6, 6.07) is 5.60. The molecule has 5 heteroatoms. The summed E-state index contributed by atoms with van der Waals surface area (Å²) in [6.45, 7) is 4.87. The summed E-state index contributed by atoms with van der Waals surface area (Å²) in [4.78, 5) is 20.9. The van der Waals surface area contributed by atoms with Crippen LogP contribution in [-0.4, -0.2) is 25.6 Å². The fourth-order valence-corrected chi connectivity index (χ4v) is 4.95. The zero-order valence-electron chi connectivity index (χ0n) is 17.3. The molecule has 0 spiro atoms. The predicted molar refractivity (Wildman–Crippen MR) is 115 cm³/mol. The van der Waals surface area contributed by atoms with Crippen molar-refractivity contribution in [2.24, 2.45) is 0 Å². The van der Waals surface area contributed by atoms with Crippen LogP contribution in [-0.2, 0) is 13.0 Å². The number of aryl methyl sites for hydroxylation is 2. The van der Waals surface area contributed by atoms with Crippen LogP contribution in [0.2, 0.25) is 0 Å². The predicted octanol–water partition coefficient (Wildman–Crippen LogP) is 5.82. The zero-order chi connectivity index (χ0) is 20.4. The molecule has 1 aliphatic carbocycles. The summed E-state index contributed by atoms with van der Waals surface area (Å²) in [5, 5.41) is 10.7. The Labute approximate surface area is 171 Å². The third kappa shape index (κ3) is 3.43. The van der Waals surface area contributed by atoms with Gasteiger partial charge in [-0.1, -0.05) is 39.2 Å². The maximum absolute atomic E-state index is 11.6. The van der Waals surface area contributed by atoms with Crippen molar-refractivity contribution in [3.8, 4) is 11.4 Å². The number of aromatic carboxylic acids is 1. The van der Waals surface area contributed by atoms with E-state index in [1.54, 1.807) is 18.5 Å². The highest BCUT2D eigenvalue weighted by atomic mass is 16.4. The first kappa shape index (κ1) is 19.6. The highest BCUT2D eigenvalue weighted by Gasteiger charge is 2.29. The molecule has 0 amide bonds. The summed E-state index contributed by atoms with van der Waals surface area (Å²) in [5.74, 6) is -0.360. The maximum atomic E-state index is 11.6. The van der Waals surface area contributed by atoms with Gasteiger partial charge in [-0.3, -0.25) is 9.97 Å². The van der Waals surface area contributed by atoms with Crippen LogP contribution in [0.5, 0.6) is 0 Å². The van der Waals surface area contributed by atoms with Crippen molar-refractivity contribution in [1.82, 2.24) is 14.5 Å². The van der Waals surface area contributed by atoms with Crippen molar-refractivity contribution in [3.63, 3.8) is 0 Å². The number of carboxylic acids is 1. The van der Waals surface area contributed by atoms with Gasteiger partial charge >= 0.3 is 5.97 Å². The number of carboxylic acid groups (broad SMARTS) is 1. The van der Waals surface area contributed by atoms with Gasteiger partial charge in [-0.25, -0.2) is 4.79 Å². The van der Waals surface area contributed by atoms with Gasteiger partial charge in [0.25, 0.3) is 0 Å². The number of nitrogens with zero attached hydrogens (tertiary/aromatic N) is 3. The number of carbonyl (C=O) groups is 1. The molecule has 3 aromatic rings. The van der Waals surface area contributed by atoms with Crippen molar-refractivity contribution in [2.75, 3.05) is 0 Å². The van der Waals surface area contributed by atoms with Gasteiger partial charge in [0.05, 0.1) is 17.0 Å². The summed E-state index contributed by atoms with van der Waals surface area (Å²) in [5.41, 5.74) is 5.98. The fraction of sp³-hybridized carbons (Fsp3) is 0.458. The Hall–Kier alpha value is -2.69. The lowest BCUT2D eigenvalue weighted by Gasteiger charge is -2.23. The first-order valence-corrected chi connectivity index (χ1v) is 10.9. The van der Waals surface area contributed by atoms with E-state index in [0.717, 1.165) is 36.3 Å². The van der Waals surface area contributed by atoms with Crippen LogP contribution in [0.1, 0.15) is 79.9 Å². The molecular weight excluding hydrogens is 362 g/mol. The van der Waals surface area contributed by atoms with E-state index < -0.39 is 5.97 Å². The second-order valence-corrected chi connectivity index (χ2v) is 7.74. The van der Waals surface area contributed by atoms with Gasteiger partial charge in [0.1, 0.15) is 5.69 Å². The third-order valence-electron chi connectivity index (χ3n) is 6.16. The van der Waals surface area contributed by atoms with Crippen LogP contribution in [0.4, 0.5) is 0 Å². The monoisotopic (exact) mass is 391 g/mol. The first-order chi connectivity index (χ1) is 14.2. The maximum Gasteiger partial charge on any atom is 0.335 e. The fourth-order valence-electron chi connectivity index (χ4n) is 4.95. The van der Waals surface area contributed by atoms with Crippen molar-refractivity contribution >= 4 is 16.9 Å². The molecule has 0 radical (unpaired) electrons. The van der Waals surface area contributed by atoms with E-state index in [0.29, 0.717) is 11.5 Å². The smallest absolute Gasteiger partial charge is 0.335 e. The molecule has 2 aromatic heterocycles. The number of benzene rings is 1. The summed E-state index contributed by atoms with van der Waals surface area (Å²) < 4.78 is 2.31. The van der Waals surface area contributed by atoms with Gasteiger partial charge < -0.3 is 9.67 Å². The number of fused-ring (bicyclic) bond motifs is 5. The van der Waals surface area contributed by atoms with Crippen molar-refractivity contribution in [1.29, 1.82) is 0 Å². The lowest BCUT2D eigenvalue weighted by molar-refractivity contribution is 0.0697. The molecule has 2 aliphatic rings. The van der Waals surface area contributed by atoms with Gasteiger partial charge in [-0.05, 0) is 49.3 Å². The van der Waals surface area contributed by atoms with Gasteiger partial charge in [-0.2, -0.15) is 0 Å². The molecule has 1 aromatic carbocycles. The Morgan fingerprint density at radius 3 is 2.59 bits per heavy atom. The molecule has 0 bridgehead atoms. The van der Waals surface area contributed by atoms with Gasteiger partial charge in [-0.15, -0.1) is 0 Å². The molecule has 1 saturated carbocycles. The molecule has 0 unspecified atom stereocenters. The minimum atomic E-state index is -0.875. The van der Waals surface area contributed by atoms with Crippen LogP contribution in [0, 0.1) is 0 Å². The lowest BCUT2D eigenvalue weighted by Crippen LogP contribution is -2.07. The van der Waals surface area contributed by atoms with Crippen LogP contribution >= 0.6 is 0 Å². The molecule has 5 rings (SSSR count). The Morgan fingerprint density at radius 1 is 1.07 bits per heavy atom. The van der Waals surface area contributed by atoms with Crippen LogP contribution in [0.3, 0.4) is 0 Å². The molecule has 3 heterocycles. The molecule has 0 atom stereocenters. The van der Waals surface area contributed by atoms with Crippen molar-refractivity contribution < 1.29 is 9.90 Å². The van der Waals surface area contributed by atoms with E-state index in [9.17, 15) is 9.90 Å². The minimum Gasteiger partial charge on any atom is -0.478 e. The van der Waals surface area contributed by atoms with Crippen LogP contribution in [0.25, 0.3) is 22.3 Å². The van der Waals surface area contributed by atoms with E-state index in [1.165, 1.54) is 48.7 Å². The quantitative estimate of drug-likeness (QED) is 0.598. The molecule has 29 heavy (non-hydrogen) atoms. The normalized spacial score (nSPS) is 16.3. The van der Waals surface area contributed by atoms with E-state index in [4.69, 9.17) is 4.98 Å². The molecule has 1 N–H and O–H groups in total. The van der Waals surface area contributed by atoms with Crippen molar-refractivity contribution in [2.45, 2.75) is 71.3 Å². The molecule has 1 fully saturated rings. The average molecular weight is 392 g/mol. The topological polar surface area (TPSA) is 68.0 Å². The summed E-state index contributed by atoms with van der Waals surface area (Å²) >= 11 is 0. The van der Waals surface area contributed by atoms with Crippen LogP contribution in [0.15, 0.2) is 30.6 Å². The highest BCUT2D eigenvalue weighted by Crippen LogP contribution is 2.45.